The summed E-state index contributed by atoms with van der Waals surface area (Å²) in [6.45, 7) is 18.9. The van der Waals surface area contributed by atoms with Gasteiger partial charge in [-0.25, -0.2) is 0 Å². The van der Waals surface area contributed by atoms with E-state index in [1.54, 1.807) is 17.6 Å². The molecule has 0 spiro atoms. The monoisotopic (exact) mass is 544 g/mol. The van der Waals surface area contributed by atoms with Gasteiger partial charge in [0.25, 0.3) is 0 Å². The summed E-state index contributed by atoms with van der Waals surface area (Å²) in [6, 6.07) is 10.0. The van der Waals surface area contributed by atoms with Crippen molar-refractivity contribution in [1.82, 2.24) is 0 Å². The van der Waals surface area contributed by atoms with Crippen LogP contribution in [-0.4, -0.2) is 3.21 Å². The fraction of sp³-hybridized carbons (Fsp3) is 0.414. The van der Waals surface area contributed by atoms with Gasteiger partial charge < -0.3 is 24.8 Å². The first-order valence-electron chi connectivity index (χ1n) is 11.5. The minimum absolute atomic E-state index is 0. The predicted molar refractivity (Wildman–Crippen MR) is 130 cm³/mol. The van der Waals surface area contributed by atoms with Gasteiger partial charge in [0, 0.05) is 0 Å². The molecule has 0 aromatic heterocycles. The van der Waals surface area contributed by atoms with Gasteiger partial charge in [0.1, 0.15) is 0 Å². The summed E-state index contributed by atoms with van der Waals surface area (Å²) >= 11 is -2.04. The van der Waals surface area contributed by atoms with Crippen LogP contribution in [0.1, 0.15) is 96.8 Å². The molecule has 0 bridgehead atoms. The third-order valence-corrected chi connectivity index (χ3v) is 15.1. The number of hydrogen-bond acceptors (Lipinski definition) is 0. The molecule has 4 rings (SSSR count). The molecule has 0 amide bonds. The number of aryl methyl sites for hydroxylation is 2. The molecule has 2 aromatic rings. The second-order valence-electron chi connectivity index (χ2n) is 10.1. The number of benzene rings is 2. The molecule has 0 aliphatic heterocycles. The SMILES string of the molecule is C[C](C)=[Zr+2]([C]1=CC=CC1)[CH]1c2c(C)cc(C(C)C)cc2-c2cc(C(C)C)cc(C)c21.[Cl-].[Cl-]. The second kappa shape index (κ2) is 10.7. The average molecular weight is 547 g/mol. The van der Waals surface area contributed by atoms with Crippen molar-refractivity contribution in [3.8, 4) is 11.1 Å². The summed E-state index contributed by atoms with van der Waals surface area (Å²) in [5.74, 6) is 1.12. The third kappa shape index (κ3) is 4.73. The van der Waals surface area contributed by atoms with Crippen LogP contribution in [0.4, 0.5) is 0 Å². The summed E-state index contributed by atoms with van der Waals surface area (Å²) < 4.78 is 4.10. The molecule has 2 aromatic carbocycles. The molecule has 0 saturated heterocycles. The average Bonchev–Trinajstić information content (AvgIpc) is 3.29. The van der Waals surface area contributed by atoms with Gasteiger partial charge in [0.05, 0.1) is 0 Å². The van der Waals surface area contributed by atoms with E-state index in [1.165, 1.54) is 39.8 Å². The Morgan fingerprint density at radius 1 is 0.812 bits per heavy atom. The van der Waals surface area contributed by atoms with E-state index in [0.29, 0.717) is 15.5 Å². The van der Waals surface area contributed by atoms with Gasteiger partial charge in [-0.1, -0.05) is 0 Å². The molecule has 0 N–H and O–H groups in total. The van der Waals surface area contributed by atoms with Crippen molar-refractivity contribution >= 4 is 3.21 Å². The van der Waals surface area contributed by atoms with Gasteiger partial charge in [-0.05, 0) is 0 Å². The third-order valence-electron chi connectivity index (χ3n) is 6.96. The maximum Gasteiger partial charge on any atom is -1.00 e. The molecule has 0 radical (unpaired) electrons. The van der Waals surface area contributed by atoms with E-state index in [2.05, 4.69) is 97.9 Å². The summed E-state index contributed by atoms with van der Waals surface area (Å²) in [6.07, 6.45) is 8.28. The van der Waals surface area contributed by atoms with Crippen LogP contribution < -0.4 is 24.8 Å². The maximum absolute atomic E-state index is 2.53. The van der Waals surface area contributed by atoms with Crippen molar-refractivity contribution in [3.05, 3.63) is 79.2 Å². The Morgan fingerprint density at radius 3 is 1.62 bits per heavy atom. The van der Waals surface area contributed by atoms with Gasteiger partial charge in [-0.3, -0.25) is 0 Å². The number of allylic oxidation sites excluding steroid dienone is 4. The first-order chi connectivity index (χ1) is 14.2. The molecular weight excluding hydrogens is 510 g/mol. The van der Waals surface area contributed by atoms with E-state index in [4.69, 9.17) is 0 Å². The van der Waals surface area contributed by atoms with Crippen LogP contribution in [0.15, 0.2) is 45.8 Å². The van der Waals surface area contributed by atoms with Crippen molar-refractivity contribution in [3.63, 3.8) is 0 Å². The van der Waals surface area contributed by atoms with Crippen LogP contribution in [-0.2, 0) is 21.3 Å². The van der Waals surface area contributed by atoms with Crippen molar-refractivity contribution in [2.45, 2.75) is 77.3 Å². The van der Waals surface area contributed by atoms with E-state index in [0.717, 1.165) is 0 Å². The molecule has 32 heavy (non-hydrogen) atoms. The van der Waals surface area contributed by atoms with Crippen LogP contribution in [0, 0.1) is 13.8 Å². The van der Waals surface area contributed by atoms with Gasteiger partial charge in [-0.2, -0.15) is 0 Å². The quantitative estimate of drug-likeness (QED) is 0.552. The topological polar surface area (TPSA) is 0 Å². The molecular formula is C29H36Cl2Zr. The number of rotatable bonds is 4. The number of hydrogen-bond donors (Lipinski definition) is 0. The van der Waals surface area contributed by atoms with Gasteiger partial charge in [0.2, 0.25) is 0 Å². The van der Waals surface area contributed by atoms with Crippen molar-refractivity contribution in [2.75, 3.05) is 0 Å². The maximum atomic E-state index is 2.53. The Hall–Kier alpha value is -0.747. The van der Waals surface area contributed by atoms with E-state index in [1.807, 2.05) is 0 Å². The molecule has 0 saturated carbocycles. The zero-order chi connectivity index (χ0) is 21.7. The molecule has 0 nitrogen and oxygen atoms in total. The minimum Gasteiger partial charge on any atom is -1.00 e. The molecule has 2 aliphatic rings. The van der Waals surface area contributed by atoms with Crippen molar-refractivity contribution in [2.24, 2.45) is 0 Å². The van der Waals surface area contributed by atoms with Gasteiger partial charge in [0.15, 0.2) is 0 Å². The van der Waals surface area contributed by atoms with Crippen molar-refractivity contribution in [1.29, 1.82) is 0 Å². The Balaban J connectivity index is 0.00000181. The summed E-state index contributed by atoms with van der Waals surface area (Å²) in [7, 11) is 0. The van der Waals surface area contributed by atoms with Crippen LogP contribution in [0.25, 0.3) is 11.1 Å². The largest absolute Gasteiger partial charge is 1.00 e. The Kier molecular flexibility index (Phi) is 9.17. The van der Waals surface area contributed by atoms with Crippen LogP contribution in [0.3, 0.4) is 0 Å². The minimum atomic E-state index is -2.04. The molecule has 3 heteroatoms. The van der Waals surface area contributed by atoms with Gasteiger partial charge >= 0.3 is 192 Å². The normalized spacial score (nSPS) is 13.8. The van der Waals surface area contributed by atoms with E-state index in [9.17, 15) is 0 Å². The first-order valence-corrected chi connectivity index (χ1v) is 15.4. The van der Waals surface area contributed by atoms with E-state index < -0.39 is 21.3 Å². The van der Waals surface area contributed by atoms with Gasteiger partial charge in [-0.15, -0.1) is 0 Å². The predicted octanol–water partition coefficient (Wildman–Crippen LogP) is 2.30. The van der Waals surface area contributed by atoms with E-state index >= 15 is 0 Å². The molecule has 170 valence electrons. The zero-order valence-corrected chi connectivity index (χ0v) is 24.7. The fourth-order valence-electron chi connectivity index (χ4n) is 5.41. The Bertz CT molecular complexity index is 1050. The molecule has 0 heterocycles. The van der Waals surface area contributed by atoms with Crippen LogP contribution in [0.2, 0.25) is 0 Å². The summed E-state index contributed by atoms with van der Waals surface area (Å²) in [5.41, 5.74) is 12.4. The number of fused-ring (bicyclic) bond motifs is 3. The fourth-order valence-corrected chi connectivity index (χ4v) is 14.1. The molecule has 0 fully saturated rings. The van der Waals surface area contributed by atoms with Crippen LogP contribution >= 0.6 is 0 Å². The first kappa shape index (κ1) is 27.5. The zero-order valence-electron chi connectivity index (χ0n) is 20.7. The Morgan fingerprint density at radius 2 is 1.28 bits per heavy atom. The van der Waals surface area contributed by atoms with Crippen molar-refractivity contribution < 1.29 is 46.1 Å². The second-order valence-corrected chi connectivity index (χ2v) is 17.6. The summed E-state index contributed by atoms with van der Waals surface area (Å²) in [4.78, 5) is 0. The smallest absolute Gasteiger partial charge is 1.00 e. The Labute approximate surface area is 215 Å². The molecule has 0 unspecified atom stereocenters. The molecule has 0 atom stereocenters. The van der Waals surface area contributed by atoms with E-state index in [-0.39, 0.29) is 24.8 Å². The number of halogens is 2. The van der Waals surface area contributed by atoms with Crippen LogP contribution in [0.5, 0.6) is 0 Å². The summed E-state index contributed by atoms with van der Waals surface area (Å²) in [5, 5.41) is 0. The standard InChI is InChI=1S/C21H25.C5H5.C3H6.2ClH.Zr/c1-12(2)16-7-14(5)18-11-19-15(6)8-17(13(3)4)10-21(19)20(18)9-16;1-2-4-5-3-1;1-3-2;;;/h7-13H,1-6H3;1-3H,4H2;1-2H3;2*1H;/q;;;;;+2/p-2. The molecule has 2 aliphatic carbocycles.